The van der Waals surface area contributed by atoms with Crippen molar-refractivity contribution in [2.75, 3.05) is 31.1 Å². The fourth-order valence-corrected chi connectivity index (χ4v) is 5.76. The fourth-order valence-electron chi connectivity index (χ4n) is 5.76. The van der Waals surface area contributed by atoms with Gasteiger partial charge in [-0.15, -0.1) is 6.42 Å². The molecule has 5 nitrogen and oxygen atoms in total. The van der Waals surface area contributed by atoms with Crippen molar-refractivity contribution >= 4 is 22.6 Å². The highest BCUT2D eigenvalue weighted by Crippen LogP contribution is 2.31. The fraction of sp³-hybridized carbons (Fsp3) is 0.312. The first-order chi connectivity index (χ1) is 18.1. The molecular formula is C32H32N4O. The quantitative estimate of drug-likeness (QED) is 0.351. The van der Waals surface area contributed by atoms with Crippen LogP contribution in [0.5, 0.6) is 0 Å². The zero-order valence-electron chi connectivity index (χ0n) is 21.3. The maximum atomic E-state index is 13.5. The van der Waals surface area contributed by atoms with E-state index in [1.54, 1.807) is 0 Å². The number of terminal acetylenes is 1. The molecule has 4 aromatic rings. The minimum absolute atomic E-state index is 0.0924. The number of amides is 1. The van der Waals surface area contributed by atoms with Crippen molar-refractivity contribution in [2.24, 2.45) is 0 Å². The second-order valence-corrected chi connectivity index (χ2v) is 10.3. The zero-order chi connectivity index (χ0) is 25.4. The average molecular weight is 489 g/mol. The number of hydrogen-bond donors (Lipinski definition) is 1. The minimum atomic E-state index is 0.0924. The van der Waals surface area contributed by atoms with Crippen molar-refractivity contribution in [3.05, 3.63) is 82.9 Å². The number of piperidine rings is 1. The molecule has 1 amide bonds. The molecule has 2 saturated heterocycles. The molecule has 0 aliphatic carbocycles. The molecule has 0 atom stereocenters. The molecule has 1 aromatic heterocycles. The lowest BCUT2D eigenvalue weighted by molar-refractivity contribution is 0.0713. The normalized spacial score (nSPS) is 16.3. The van der Waals surface area contributed by atoms with Gasteiger partial charge in [-0.3, -0.25) is 4.79 Å². The van der Waals surface area contributed by atoms with Crippen molar-refractivity contribution in [3.63, 3.8) is 0 Å². The third kappa shape index (κ3) is 4.60. The van der Waals surface area contributed by atoms with E-state index in [1.165, 1.54) is 24.1 Å². The van der Waals surface area contributed by atoms with E-state index < -0.39 is 0 Å². The van der Waals surface area contributed by atoms with Gasteiger partial charge in [0.05, 0.1) is 11.0 Å². The summed E-state index contributed by atoms with van der Waals surface area (Å²) in [6.45, 7) is 5.82. The molecule has 0 saturated carbocycles. The number of hydrogen-bond acceptors (Lipinski definition) is 3. The molecule has 2 fully saturated rings. The minimum Gasteiger partial charge on any atom is -0.371 e. The van der Waals surface area contributed by atoms with Crippen molar-refractivity contribution in [1.82, 2.24) is 14.9 Å². The number of carbonyl (C=O) groups excluding carboxylic acids is 1. The maximum absolute atomic E-state index is 13.5. The summed E-state index contributed by atoms with van der Waals surface area (Å²) in [6, 6.07) is 20.7. The highest BCUT2D eigenvalue weighted by Gasteiger charge is 2.25. The van der Waals surface area contributed by atoms with Crippen molar-refractivity contribution in [2.45, 2.75) is 38.5 Å². The number of anilines is 1. The number of aryl methyl sites for hydroxylation is 1. The molecular weight excluding hydrogens is 456 g/mol. The van der Waals surface area contributed by atoms with Gasteiger partial charge < -0.3 is 14.8 Å². The molecule has 0 radical (unpaired) electrons. The zero-order valence-corrected chi connectivity index (χ0v) is 21.3. The third-order valence-corrected chi connectivity index (χ3v) is 8.01. The molecule has 6 rings (SSSR count). The molecule has 2 aliphatic heterocycles. The summed E-state index contributed by atoms with van der Waals surface area (Å²) < 4.78 is 0. The van der Waals surface area contributed by atoms with Crippen LogP contribution in [0.4, 0.5) is 5.69 Å². The largest absolute Gasteiger partial charge is 0.371 e. The third-order valence-electron chi connectivity index (χ3n) is 8.01. The summed E-state index contributed by atoms with van der Waals surface area (Å²) in [7, 11) is 0. The van der Waals surface area contributed by atoms with Gasteiger partial charge in [0.15, 0.2) is 0 Å². The van der Waals surface area contributed by atoms with Crippen LogP contribution in [0, 0.1) is 19.3 Å². The summed E-state index contributed by atoms with van der Waals surface area (Å²) in [4.78, 5) is 26.3. The Labute approximate surface area is 218 Å². The van der Waals surface area contributed by atoms with Crippen LogP contribution < -0.4 is 4.90 Å². The topological polar surface area (TPSA) is 52.2 Å². The van der Waals surface area contributed by atoms with E-state index in [9.17, 15) is 4.79 Å². The van der Waals surface area contributed by atoms with Gasteiger partial charge in [-0.05, 0) is 92.1 Å². The second kappa shape index (κ2) is 9.78. The number of fused-ring (bicyclic) bond motifs is 1. The Balaban J connectivity index is 1.19. The van der Waals surface area contributed by atoms with Crippen LogP contribution in [-0.2, 0) is 0 Å². The molecule has 5 heteroatoms. The van der Waals surface area contributed by atoms with E-state index in [1.807, 2.05) is 35.2 Å². The predicted molar refractivity (Wildman–Crippen MR) is 150 cm³/mol. The van der Waals surface area contributed by atoms with E-state index >= 15 is 0 Å². The van der Waals surface area contributed by atoms with Gasteiger partial charge >= 0.3 is 0 Å². The highest BCUT2D eigenvalue weighted by atomic mass is 16.2. The predicted octanol–water partition coefficient (Wildman–Crippen LogP) is 6.14. The number of aromatic nitrogens is 2. The smallest absolute Gasteiger partial charge is 0.253 e. The summed E-state index contributed by atoms with van der Waals surface area (Å²) in [6.07, 6.45) is 9.92. The van der Waals surface area contributed by atoms with Crippen LogP contribution in [0.25, 0.3) is 22.4 Å². The number of carbonyl (C=O) groups is 1. The van der Waals surface area contributed by atoms with Crippen LogP contribution in [-0.4, -0.2) is 47.0 Å². The number of rotatable bonds is 4. The van der Waals surface area contributed by atoms with E-state index in [-0.39, 0.29) is 5.91 Å². The Hall–Kier alpha value is -4.04. The van der Waals surface area contributed by atoms with Gasteiger partial charge in [0, 0.05) is 48.6 Å². The number of benzene rings is 3. The summed E-state index contributed by atoms with van der Waals surface area (Å²) in [5.41, 5.74) is 8.24. The van der Waals surface area contributed by atoms with Gasteiger partial charge in [0.1, 0.15) is 5.82 Å². The molecule has 0 spiro atoms. The maximum Gasteiger partial charge on any atom is 0.253 e. The number of H-pyrrole nitrogens is 1. The first kappa shape index (κ1) is 23.4. The SMILES string of the molecule is C#Cc1ccc(C2CCN(C(=O)c3ccc(C)c(-c4nc5ccc(N6CCCC6)cc5[nH]4)c3)CC2)cc1. The van der Waals surface area contributed by atoms with Crippen molar-refractivity contribution < 1.29 is 4.79 Å². The Morgan fingerprint density at radius 2 is 1.73 bits per heavy atom. The lowest BCUT2D eigenvalue weighted by atomic mass is 9.88. The number of aromatic amines is 1. The lowest BCUT2D eigenvalue weighted by Crippen LogP contribution is -2.37. The van der Waals surface area contributed by atoms with Crippen molar-refractivity contribution in [1.29, 1.82) is 0 Å². The van der Waals surface area contributed by atoms with Gasteiger partial charge in [-0.2, -0.15) is 0 Å². The Bertz CT molecular complexity index is 1480. The molecule has 1 N–H and O–H groups in total. The standard InChI is InChI=1S/C32H32N4O/c1-3-23-7-10-24(11-8-23)25-14-18-36(19-15-25)32(37)26-9-6-22(2)28(20-26)31-33-29-13-12-27(21-30(29)34-31)35-16-4-5-17-35/h1,6-13,20-21,25H,4-5,14-19H2,2H3,(H,33,34). The van der Waals surface area contributed by atoms with Gasteiger partial charge in [0.25, 0.3) is 5.91 Å². The van der Waals surface area contributed by atoms with Gasteiger partial charge in [-0.1, -0.05) is 24.1 Å². The van der Waals surface area contributed by atoms with Crippen LogP contribution >= 0.6 is 0 Å². The Kier molecular flexibility index (Phi) is 6.18. The molecule has 3 aromatic carbocycles. The molecule has 3 heterocycles. The number of likely N-dealkylation sites (tertiary alicyclic amines) is 1. The van der Waals surface area contributed by atoms with Crippen molar-refractivity contribution in [3.8, 4) is 23.7 Å². The first-order valence-corrected chi connectivity index (χ1v) is 13.3. The van der Waals surface area contributed by atoms with Crippen LogP contribution in [0.2, 0.25) is 0 Å². The highest BCUT2D eigenvalue weighted by molar-refractivity contribution is 5.96. The molecule has 0 unspecified atom stereocenters. The summed E-state index contributed by atoms with van der Waals surface area (Å²) >= 11 is 0. The number of nitrogens with one attached hydrogen (secondary N) is 1. The number of nitrogens with zero attached hydrogens (tertiary/aromatic N) is 3. The van der Waals surface area contributed by atoms with Crippen LogP contribution in [0.3, 0.4) is 0 Å². The lowest BCUT2D eigenvalue weighted by Gasteiger charge is -2.32. The molecule has 0 bridgehead atoms. The van der Waals surface area contributed by atoms with E-state index in [0.29, 0.717) is 5.92 Å². The molecule has 2 aliphatic rings. The van der Waals surface area contributed by atoms with Crippen LogP contribution in [0.15, 0.2) is 60.7 Å². The van der Waals surface area contributed by atoms with E-state index in [0.717, 1.165) is 78.1 Å². The Morgan fingerprint density at radius 1 is 0.973 bits per heavy atom. The van der Waals surface area contributed by atoms with E-state index in [2.05, 4.69) is 53.1 Å². The number of imidazole rings is 1. The molecule has 37 heavy (non-hydrogen) atoms. The Morgan fingerprint density at radius 3 is 2.46 bits per heavy atom. The van der Waals surface area contributed by atoms with E-state index in [4.69, 9.17) is 11.4 Å². The first-order valence-electron chi connectivity index (χ1n) is 13.3. The van der Waals surface area contributed by atoms with Gasteiger partial charge in [-0.25, -0.2) is 4.98 Å². The monoisotopic (exact) mass is 488 g/mol. The summed E-state index contributed by atoms with van der Waals surface area (Å²) in [5, 5.41) is 0. The summed E-state index contributed by atoms with van der Waals surface area (Å²) in [5.74, 6) is 4.05. The van der Waals surface area contributed by atoms with Gasteiger partial charge in [0.2, 0.25) is 0 Å². The average Bonchev–Trinajstić information content (AvgIpc) is 3.63. The molecule has 186 valence electrons. The van der Waals surface area contributed by atoms with Crippen LogP contribution in [0.1, 0.15) is 58.6 Å². The second-order valence-electron chi connectivity index (χ2n) is 10.3.